The first-order chi connectivity index (χ1) is 8.72. The number of hydrogen-bond acceptors (Lipinski definition) is 4. The van der Waals surface area contributed by atoms with Gasteiger partial charge in [-0.3, -0.25) is 9.69 Å². The van der Waals surface area contributed by atoms with Gasteiger partial charge in [0.15, 0.2) is 0 Å². The van der Waals surface area contributed by atoms with Gasteiger partial charge in [-0.05, 0) is 5.56 Å². The van der Waals surface area contributed by atoms with E-state index in [-0.39, 0.29) is 18.5 Å². The van der Waals surface area contributed by atoms with E-state index < -0.39 is 0 Å². The van der Waals surface area contributed by atoms with Crippen LogP contribution in [0.15, 0.2) is 35.3 Å². The van der Waals surface area contributed by atoms with Crippen LogP contribution in [0.3, 0.4) is 0 Å². The minimum absolute atomic E-state index is 0.00160. The highest BCUT2D eigenvalue weighted by atomic mass is 16.5. The van der Waals surface area contributed by atoms with Crippen molar-refractivity contribution >= 4 is 11.9 Å². The molecule has 1 heterocycles. The molecule has 0 saturated carbocycles. The third-order valence-electron chi connectivity index (χ3n) is 2.89. The highest BCUT2D eigenvalue weighted by molar-refractivity contribution is 6.02. The average molecular weight is 247 g/mol. The van der Waals surface area contributed by atoms with E-state index in [4.69, 9.17) is 4.74 Å². The predicted octanol–water partition coefficient (Wildman–Crippen LogP) is 0.792. The van der Waals surface area contributed by atoms with Gasteiger partial charge in [0.1, 0.15) is 6.54 Å². The molecule has 0 radical (unpaired) electrons. The van der Waals surface area contributed by atoms with Crippen molar-refractivity contribution in [3.8, 4) is 0 Å². The van der Waals surface area contributed by atoms with E-state index in [1.165, 1.54) is 4.90 Å². The molecule has 0 aliphatic carbocycles. The van der Waals surface area contributed by atoms with E-state index in [0.717, 1.165) is 5.56 Å². The Morgan fingerprint density at radius 2 is 2.17 bits per heavy atom. The summed E-state index contributed by atoms with van der Waals surface area (Å²) in [6.07, 6.45) is 0. The number of aliphatic imine (C=N–C) groups is 1. The number of methoxy groups -OCH3 is 1. The summed E-state index contributed by atoms with van der Waals surface area (Å²) in [5.74, 6) is 0.604. The van der Waals surface area contributed by atoms with Crippen LogP contribution in [0, 0.1) is 0 Å². The summed E-state index contributed by atoms with van der Waals surface area (Å²) in [7, 11) is 3.37. The molecule has 18 heavy (non-hydrogen) atoms. The zero-order valence-corrected chi connectivity index (χ0v) is 10.6. The maximum atomic E-state index is 11.4. The Morgan fingerprint density at radius 3 is 2.72 bits per heavy atom. The summed E-state index contributed by atoms with van der Waals surface area (Å²) in [5, 5.41) is 3.24. The van der Waals surface area contributed by atoms with E-state index in [1.54, 1.807) is 14.2 Å². The van der Waals surface area contributed by atoms with Crippen molar-refractivity contribution in [3.05, 3.63) is 35.9 Å². The fraction of sp³-hybridized carbons (Fsp3) is 0.385. The molecule has 0 fully saturated rings. The molecule has 0 bridgehead atoms. The minimum atomic E-state index is -0.0108. The molecule has 0 spiro atoms. The summed E-state index contributed by atoms with van der Waals surface area (Å²) in [6.45, 7) is 0.735. The molecule has 1 aromatic rings. The number of carbonyl (C=O) groups is 1. The van der Waals surface area contributed by atoms with Gasteiger partial charge in [-0.2, -0.15) is 0 Å². The van der Waals surface area contributed by atoms with Gasteiger partial charge in [0.05, 0.1) is 12.6 Å². The molecule has 96 valence electrons. The van der Waals surface area contributed by atoms with Crippen molar-refractivity contribution < 1.29 is 9.53 Å². The van der Waals surface area contributed by atoms with Gasteiger partial charge in [0, 0.05) is 14.2 Å². The Balaban J connectivity index is 2.10. The molecule has 1 aliphatic heterocycles. The van der Waals surface area contributed by atoms with Gasteiger partial charge < -0.3 is 10.1 Å². The Morgan fingerprint density at radius 1 is 1.44 bits per heavy atom. The van der Waals surface area contributed by atoms with Gasteiger partial charge in [-0.25, -0.2) is 4.99 Å². The molecule has 0 saturated heterocycles. The second kappa shape index (κ2) is 5.64. The van der Waals surface area contributed by atoms with E-state index >= 15 is 0 Å². The number of likely N-dealkylation sites (N-methyl/N-ethyl adjacent to an activating group) is 1. The lowest BCUT2D eigenvalue weighted by Crippen LogP contribution is -2.41. The van der Waals surface area contributed by atoms with Gasteiger partial charge in [0.2, 0.25) is 5.96 Å². The molecular formula is C13H17N3O2. The Bertz CT molecular complexity index is 445. The van der Waals surface area contributed by atoms with E-state index in [9.17, 15) is 4.79 Å². The zero-order chi connectivity index (χ0) is 13.0. The summed E-state index contributed by atoms with van der Waals surface area (Å²) in [6, 6.07) is 9.96. The van der Waals surface area contributed by atoms with Crippen LogP contribution in [-0.4, -0.2) is 44.1 Å². The fourth-order valence-electron chi connectivity index (χ4n) is 1.84. The molecule has 5 nitrogen and oxygen atoms in total. The normalized spacial score (nSPS) is 16.7. The number of carbonyl (C=O) groups excluding carboxylic acids is 1. The Kier molecular flexibility index (Phi) is 3.94. The SMILES string of the molecule is COCC(NC1=NCC(=O)N1C)c1ccccc1. The summed E-state index contributed by atoms with van der Waals surface area (Å²) in [4.78, 5) is 17.1. The van der Waals surface area contributed by atoms with Crippen LogP contribution in [-0.2, 0) is 9.53 Å². The molecule has 1 aliphatic rings. The Hall–Kier alpha value is -1.88. The van der Waals surface area contributed by atoms with E-state index in [0.29, 0.717) is 12.6 Å². The smallest absolute Gasteiger partial charge is 0.250 e. The molecule has 1 aromatic carbocycles. The fourth-order valence-corrected chi connectivity index (χ4v) is 1.84. The second-order valence-corrected chi connectivity index (χ2v) is 4.16. The topological polar surface area (TPSA) is 53.9 Å². The van der Waals surface area contributed by atoms with Crippen molar-refractivity contribution in [3.63, 3.8) is 0 Å². The van der Waals surface area contributed by atoms with Gasteiger partial charge in [-0.15, -0.1) is 0 Å². The first kappa shape index (κ1) is 12.6. The van der Waals surface area contributed by atoms with Crippen LogP contribution < -0.4 is 5.32 Å². The molecular weight excluding hydrogens is 230 g/mol. The number of rotatable bonds is 4. The van der Waals surface area contributed by atoms with Gasteiger partial charge in [-0.1, -0.05) is 30.3 Å². The summed E-state index contributed by atoms with van der Waals surface area (Å²) in [5.41, 5.74) is 1.11. The zero-order valence-electron chi connectivity index (χ0n) is 10.6. The highest BCUT2D eigenvalue weighted by Gasteiger charge is 2.24. The standard InChI is InChI=1S/C13H17N3O2/c1-16-12(17)8-14-13(16)15-11(9-18-2)10-6-4-3-5-7-10/h3-7,11H,8-9H2,1-2H3,(H,14,15). The molecule has 1 unspecified atom stereocenters. The highest BCUT2D eigenvalue weighted by Crippen LogP contribution is 2.14. The van der Waals surface area contributed by atoms with Crippen LogP contribution in [0.2, 0.25) is 0 Å². The largest absolute Gasteiger partial charge is 0.382 e. The number of ether oxygens (including phenoxy) is 1. The predicted molar refractivity (Wildman–Crippen MR) is 69.3 cm³/mol. The number of hydrogen-bond donors (Lipinski definition) is 1. The maximum Gasteiger partial charge on any atom is 0.250 e. The lowest BCUT2D eigenvalue weighted by Gasteiger charge is -2.22. The maximum absolute atomic E-state index is 11.4. The van der Waals surface area contributed by atoms with Crippen LogP contribution >= 0.6 is 0 Å². The number of amides is 1. The number of nitrogens with one attached hydrogen (secondary N) is 1. The molecule has 2 rings (SSSR count). The minimum Gasteiger partial charge on any atom is -0.382 e. The van der Waals surface area contributed by atoms with Crippen molar-refractivity contribution in [2.45, 2.75) is 6.04 Å². The van der Waals surface area contributed by atoms with Gasteiger partial charge >= 0.3 is 0 Å². The number of benzene rings is 1. The first-order valence-corrected chi connectivity index (χ1v) is 5.84. The second-order valence-electron chi connectivity index (χ2n) is 4.16. The third-order valence-corrected chi connectivity index (χ3v) is 2.89. The van der Waals surface area contributed by atoms with Crippen LogP contribution in [0.1, 0.15) is 11.6 Å². The lowest BCUT2D eigenvalue weighted by molar-refractivity contribution is -0.124. The van der Waals surface area contributed by atoms with Crippen molar-refractivity contribution in [1.29, 1.82) is 0 Å². The Labute approximate surface area is 106 Å². The third kappa shape index (κ3) is 2.68. The van der Waals surface area contributed by atoms with Gasteiger partial charge in [0.25, 0.3) is 5.91 Å². The number of nitrogens with zero attached hydrogens (tertiary/aromatic N) is 2. The van der Waals surface area contributed by atoms with Crippen molar-refractivity contribution in [2.75, 3.05) is 27.3 Å². The summed E-state index contributed by atoms with van der Waals surface area (Å²) < 4.78 is 5.21. The molecule has 1 atom stereocenters. The average Bonchev–Trinajstić information content (AvgIpc) is 2.71. The molecule has 1 N–H and O–H groups in total. The van der Waals surface area contributed by atoms with E-state index in [1.807, 2.05) is 30.3 Å². The van der Waals surface area contributed by atoms with Crippen molar-refractivity contribution in [1.82, 2.24) is 10.2 Å². The monoisotopic (exact) mass is 247 g/mol. The van der Waals surface area contributed by atoms with Crippen molar-refractivity contribution in [2.24, 2.45) is 4.99 Å². The molecule has 1 amide bonds. The quantitative estimate of drug-likeness (QED) is 0.856. The van der Waals surface area contributed by atoms with E-state index in [2.05, 4.69) is 10.3 Å². The first-order valence-electron chi connectivity index (χ1n) is 5.84. The summed E-state index contributed by atoms with van der Waals surface area (Å²) >= 11 is 0. The molecule has 0 aromatic heterocycles. The van der Waals surface area contributed by atoms with Crippen LogP contribution in [0.4, 0.5) is 0 Å². The lowest BCUT2D eigenvalue weighted by atomic mass is 10.1. The van der Waals surface area contributed by atoms with Crippen LogP contribution in [0.25, 0.3) is 0 Å². The van der Waals surface area contributed by atoms with Crippen LogP contribution in [0.5, 0.6) is 0 Å². The molecule has 5 heteroatoms. The number of guanidine groups is 1.